The largest absolute Gasteiger partial charge is 0.480 e. The molecule has 4 N–H and O–H groups in total. The second-order valence-corrected chi connectivity index (χ2v) is 4.12. The maximum absolute atomic E-state index is 11.0. The van der Waals surface area contributed by atoms with E-state index >= 15 is 0 Å². The molecule has 0 saturated heterocycles. The highest BCUT2D eigenvalue weighted by molar-refractivity contribution is 5.93. The summed E-state index contributed by atoms with van der Waals surface area (Å²) in [5.74, 6) is -1.37. The monoisotopic (exact) mass is 250 g/mol. The summed E-state index contributed by atoms with van der Waals surface area (Å²) in [5.41, 5.74) is 6.20. The standard InChI is InChI=1S/C13H18N2O3/c1-2-3-4-11(13(17)18)15-10-7-5-9(6-8-10)12(14)16/h5-8,11,15H,2-4H2,1H3,(H2,14,16)(H,17,18). The zero-order valence-corrected chi connectivity index (χ0v) is 10.3. The average molecular weight is 250 g/mol. The van der Waals surface area contributed by atoms with Gasteiger partial charge in [0.1, 0.15) is 6.04 Å². The summed E-state index contributed by atoms with van der Waals surface area (Å²) in [5, 5.41) is 12.0. The quantitative estimate of drug-likeness (QED) is 0.688. The Labute approximate surface area is 106 Å². The van der Waals surface area contributed by atoms with E-state index in [9.17, 15) is 9.59 Å². The number of benzene rings is 1. The van der Waals surface area contributed by atoms with Gasteiger partial charge < -0.3 is 16.2 Å². The molecule has 5 nitrogen and oxygen atoms in total. The van der Waals surface area contributed by atoms with Crippen molar-refractivity contribution in [2.75, 3.05) is 5.32 Å². The fourth-order valence-electron chi connectivity index (χ4n) is 1.60. The minimum Gasteiger partial charge on any atom is -0.480 e. The third-order valence-electron chi connectivity index (χ3n) is 2.65. The van der Waals surface area contributed by atoms with E-state index in [1.165, 1.54) is 0 Å². The van der Waals surface area contributed by atoms with Gasteiger partial charge in [-0.15, -0.1) is 0 Å². The van der Waals surface area contributed by atoms with Gasteiger partial charge in [0.15, 0.2) is 0 Å². The van der Waals surface area contributed by atoms with Gasteiger partial charge in [-0.25, -0.2) is 4.79 Å². The number of nitrogens with two attached hydrogens (primary N) is 1. The van der Waals surface area contributed by atoms with Crippen molar-refractivity contribution in [1.82, 2.24) is 0 Å². The van der Waals surface area contributed by atoms with Gasteiger partial charge in [-0.3, -0.25) is 4.79 Å². The average Bonchev–Trinajstić information content (AvgIpc) is 2.34. The van der Waals surface area contributed by atoms with E-state index in [1.807, 2.05) is 6.92 Å². The number of rotatable bonds is 7. The van der Waals surface area contributed by atoms with Gasteiger partial charge in [0.25, 0.3) is 0 Å². The van der Waals surface area contributed by atoms with Crippen molar-refractivity contribution in [2.24, 2.45) is 5.73 Å². The molecule has 0 heterocycles. The predicted molar refractivity (Wildman–Crippen MR) is 69.5 cm³/mol. The summed E-state index contributed by atoms with van der Waals surface area (Å²) in [7, 11) is 0. The van der Waals surface area contributed by atoms with Crippen molar-refractivity contribution in [1.29, 1.82) is 0 Å². The highest BCUT2D eigenvalue weighted by Gasteiger charge is 2.16. The number of amides is 1. The summed E-state index contributed by atoms with van der Waals surface area (Å²) < 4.78 is 0. The van der Waals surface area contributed by atoms with Gasteiger partial charge in [-0.05, 0) is 30.7 Å². The first kappa shape index (κ1) is 14.0. The smallest absolute Gasteiger partial charge is 0.326 e. The molecule has 0 bridgehead atoms. The Morgan fingerprint density at radius 1 is 1.33 bits per heavy atom. The number of hydrogen-bond donors (Lipinski definition) is 3. The molecule has 0 aliphatic rings. The molecule has 0 spiro atoms. The first-order valence-corrected chi connectivity index (χ1v) is 5.93. The minimum atomic E-state index is -0.873. The van der Waals surface area contributed by atoms with Crippen LogP contribution in [0.3, 0.4) is 0 Å². The van der Waals surface area contributed by atoms with E-state index in [2.05, 4.69) is 5.32 Å². The van der Waals surface area contributed by atoms with Gasteiger partial charge in [-0.2, -0.15) is 0 Å². The fourth-order valence-corrected chi connectivity index (χ4v) is 1.60. The van der Waals surface area contributed by atoms with E-state index in [0.717, 1.165) is 12.8 Å². The van der Waals surface area contributed by atoms with Crippen LogP contribution in [0.4, 0.5) is 5.69 Å². The van der Waals surface area contributed by atoms with Gasteiger partial charge in [0.05, 0.1) is 0 Å². The van der Waals surface area contributed by atoms with Crippen LogP contribution in [0.5, 0.6) is 0 Å². The molecular formula is C13H18N2O3. The van der Waals surface area contributed by atoms with Crippen LogP contribution in [0.15, 0.2) is 24.3 Å². The van der Waals surface area contributed by atoms with Crippen LogP contribution >= 0.6 is 0 Å². The van der Waals surface area contributed by atoms with Crippen molar-refractivity contribution in [3.05, 3.63) is 29.8 Å². The maximum Gasteiger partial charge on any atom is 0.326 e. The molecule has 1 rings (SSSR count). The van der Waals surface area contributed by atoms with Crippen molar-refractivity contribution >= 4 is 17.6 Å². The first-order chi connectivity index (χ1) is 8.54. The summed E-state index contributed by atoms with van der Waals surface area (Å²) >= 11 is 0. The molecule has 98 valence electrons. The van der Waals surface area contributed by atoms with Crippen LogP contribution in [0, 0.1) is 0 Å². The Balaban J connectivity index is 2.68. The summed E-state index contributed by atoms with van der Waals surface area (Å²) in [6.07, 6.45) is 2.37. The van der Waals surface area contributed by atoms with E-state index < -0.39 is 17.9 Å². The van der Waals surface area contributed by atoms with Gasteiger partial charge in [-0.1, -0.05) is 19.8 Å². The molecule has 0 fully saturated rings. The SMILES string of the molecule is CCCCC(Nc1ccc(C(N)=O)cc1)C(=O)O. The molecule has 0 saturated carbocycles. The lowest BCUT2D eigenvalue weighted by Gasteiger charge is -2.15. The molecule has 1 aromatic rings. The molecular weight excluding hydrogens is 232 g/mol. The highest BCUT2D eigenvalue weighted by atomic mass is 16.4. The third kappa shape index (κ3) is 4.08. The molecule has 0 aliphatic heterocycles. The summed E-state index contributed by atoms with van der Waals surface area (Å²) in [6, 6.07) is 5.85. The van der Waals surface area contributed by atoms with E-state index in [4.69, 9.17) is 10.8 Å². The topological polar surface area (TPSA) is 92.4 Å². The van der Waals surface area contributed by atoms with Crippen LogP contribution in [-0.2, 0) is 4.79 Å². The number of unbranched alkanes of at least 4 members (excludes halogenated alkanes) is 1. The van der Waals surface area contributed by atoms with Crippen LogP contribution in [0.1, 0.15) is 36.5 Å². The Hall–Kier alpha value is -2.04. The lowest BCUT2D eigenvalue weighted by atomic mass is 10.1. The number of aliphatic carboxylic acids is 1. The molecule has 0 aliphatic carbocycles. The van der Waals surface area contributed by atoms with Crippen molar-refractivity contribution < 1.29 is 14.7 Å². The first-order valence-electron chi connectivity index (χ1n) is 5.93. The number of nitrogens with one attached hydrogen (secondary N) is 1. The zero-order valence-electron chi connectivity index (χ0n) is 10.3. The molecule has 1 atom stereocenters. The second-order valence-electron chi connectivity index (χ2n) is 4.12. The number of carbonyl (C=O) groups excluding carboxylic acids is 1. The Morgan fingerprint density at radius 3 is 2.39 bits per heavy atom. The normalized spacial score (nSPS) is 11.8. The van der Waals surface area contributed by atoms with E-state index in [1.54, 1.807) is 24.3 Å². The molecule has 1 aromatic carbocycles. The maximum atomic E-state index is 11.0. The zero-order chi connectivity index (χ0) is 13.5. The molecule has 18 heavy (non-hydrogen) atoms. The van der Waals surface area contributed by atoms with Crippen LogP contribution in [-0.4, -0.2) is 23.0 Å². The fraction of sp³-hybridized carbons (Fsp3) is 0.385. The molecule has 1 unspecified atom stereocenters. The van der Waals surface area contributed by atoms with Crippen molar-refractivity contribution in [3.63, 3.8) is 0 Å². The van der Waals surface area contributed by atoms with Gasteiger partial charge in [0, 0.05) is 11.3 Å². The molecule has 0 aromatic heterocycles. The second kappa shape index (κ2) is 6.64. The van der Waals surface area contributed by atoms with Gasteiger partial charge >= 0.3 is 5.97 Å². The third-order valence-corrected chi connectivity index (χ3v) is 2.65. The van der Waals surface area contributed by atoms with Gasteiger partial charge in [0.2, 0.25) is 5.91 Å². The van der Waals surface area contributed by atoms with Crippen LogP contribution < -0.4 is 11.1 Å². The van der Waals surface area contributed by atoms with Crippen LogP contribution in [0.2, 0.25) is 0 Å². The summed E-state index contributed by atoms with van der Waals surface area (Å²) in [4.78, 5) is 21.9. The van der Waals surface area contributed by atoms with Crippen molar-refractivity contribution in [2.45, 2.75) is 32.2 Å². The Bertz CT molecular complexity index is 415. The van der Waals surface area contributed by atoms with E-state index in [-0.39, 0.29) is 0 Å². The Morgan fingerprint density at radius 2 is 1.94 bits per heavy atom. The van der Waals surface area contributed by atoms with Crippen molar-refractivity contribution in [3.8, 4) is 0 Å². The molecule has 1 amide bonds. The lowest BCUT2D eigenvalue weighted by molar-refractivity contribution is -0.138. The number of carbonyl (C=O) groups is 2. The number of anilines is 1. The molecule has 5 heteroatoms. The molecule has 0 radical (unpaired) electrons. The minimum absolute atomic E-state index is 0.404. The number of primary amides is 1. The lowest BCUT2D eigenvalue weighted by Crippen LogP contribution is -2.29. The Kier molecular flexibility index (Phi) is 5.17. The summed E-state index contributed by atoms with van der Waals surface area (Å²) in [6.45, 7) is 2.01. The number of carboxylic acid groups (broad SMARTS) is 1. The van der Waals surface area contributed by atoms with Crippen LogP contribution in [0.25, 0.3) is 0 Å². The predicted octanol–water partition coefficient (Wildman–Crippen LogP) is 1.84. The number of carboxylic acids is 1. The highest BCUT2D eigenvalue weighted by Crippen LogP contribution is 2.13. The number of hydrogen-bond acceptors (Lipinski definition) is 3. The van der Waals surface area contributed by atoms with E-state index in [0.29, 0.717) is 17.7 Å².